The van der Waals surface area contributed by atoms with E-state index in [9.17, 15) is 9.50 Å². The van der Waals surface area contributed by atoms with Crippen LogP contribution in [-0.2, 0) is 0 Å². The Balaban J connectivity index is 2.28. The first-order valence-corrected chi connectivity index (χ1v) is 6.27. The van der Waals surface area contributed by atoms with Crippen LogP contribution in [0.25, 0.3) is 0 Å². The van der Waals surface area contributed by atoms with Crippen LogP contribution in [0.4, 0.5) is 4.39 Å². The van der Waals surface area contributed by atoms with Crippen LogP contribution < -0.4 is 4.74 Å². The van der Waals surface area contributed by atoms with E-state index in [1.54, 1.807) is 19.1 Å². The summed E-state index contributed by atoms with van der Waals surface area (Å²) in [5.74, 6) is 0.177. The highest BCUT2D eigenvalue weighted by atomic mass is 79.9. The van der Waals surface area contributed by atoms with Gasteiger partial charge in [-0.2, -0.15) is 0 Å². The quantitative estimate of drug-likeness (QED) is 0.908. The molecule has 0 aromatic heterocycles. The fourth-order valence-corrected chi connectivity index (χ4v) is 1.87. The molecule has 0 fully saturated rings. The Morgan fingerprint density at radius 3 is 2.50 bits per heavy atom. The van der Waals surface area contributed by atoms with Gasteiger partial charge >= 0.3 is 0 Å². The highest BCUT2D eigenvalue weighted by Gasteiger charge is 2.10. The van der Waals surface area contributed by atoms with E-state index in [0.29, 0.717) is 11.3 Å². The van der Waals surface area contributed by atoms with Gasteiger partial charge in [-0.05, 0) is 52.7 Å². The second-order valence-electron chi connectivity index (χ2n) is 3.90. The van der Waals surface area contributed by atoms with Crippen LogP contribution in [0.2, 0.25) is 0 Å². The number of benzene rings is 2. The number of aliphatic hydroxyl groups excluding tert-OH is 1. The van der Waals surface area contributed by atoms with Crippen molar-refractivity contribution in [3.05, 3.63) is 58.3 Å². The first-order valence-electron chi connectivity index (χ1n) is 5.48. The summed E-state index contributed by atoms with van der Waals surface area (Å²) >= 11 is 3.33. The third kappa shape index (κ3) is 2.89. The van der Waals surface area contributed by atoms with Crippen molar-refractivity contribution in [1.82, 2.24) is 0 Å². The Labute approximate surface area is 113 Å². The van der Waals surface area contributed by atoms with E-state index >= 15 is 0 Å². The maximum absolute atomic E-state index is 13.8. The second-order valence-corrected chi connectivity index (χ2v) is 4.75. The molecule has 2 aromatic rings. The molecule has 0 unspecified atom stereocenters. The fourth-order valence-electron chi connectivity index (χ4n) is 1.51. The van der Waals surface area contributed by atoms with Gasteiger partial charge in [0.05, 0.1) is 10.6 Å². The molecule has 0 aliphatic heterocycles. The van der Waals surface area contributed by atoms with Gasteiger partial charge < -0.3 is 9.84 Å². The first-order chi connectivity index (χ1) is 8.58. The van der Waals surface area contributed by atoms with E-state index in [4.69, 9.17) is 4.74 Å². The standard InChI is InChI=1S/C14H12BrFO2/c1-9(17)10-6-7-14(12(16)8-10)18-13-5-3-2-4-11(13)15/h2-9,17H,1H3/t9-/m0/s1. The van der Waals surface area contributed by atoms with Crippen LogP contribution in [0.1, 0.15) is 18.6 Å². The predicted octanol–water partition coefficient (Wildman–Crippen LogP) is 4.43. The van der Waals surface area contributed by atoms with Crippen LogP contribution in [0, 0.1) is 5.82 Å². The molecule has 0 spiro atoms. The van der Waals surface area contributed by atoms with Gasteiger partial charge in [0.1, 0.15) is 5.75 Å². The number of rotatable bonds is 3. The number of aliphatic hydroxyl groups is 1. The molecule has 4 heteroatoms. The Morgan fingerprint density at radius 1 is 1.17 bits per heavy atom. The SMILES string of the molecule is C[C@H](O)c1ccc(Oc2ccccc2Br)c(F)c1. The lowest BCUT2D eigenvalue weighted by atomic mass is 10.1. The lowest BCUT2D eigenvalue weighted by Gasteiger charge is -2.10. The fraction of sp³-hybridized carbons (Fsp3) is 0.143. The van der Waals surface area contributed by atoms with Crippen molar-refractivity contribution >= 4 is 15.9 Å². The highest BCUT2D eigenvalue weighted by molar-refractivity contribution is 9.10. The molecule has 1 N–H and O–H groups in total. The van der Waals surface area contributed by atoms with Gasteiger partial charge in [-0.3, -0.25) is 0 Å². The zero-order valence-corrected chi connectivity index (χ0v) is 11.3. The van der Waals surface area contributed by atoms with Gasteiger partial charge in [-0.15, -0.1) is 0 Å². The maximum atomic E-state index is 13.8. The largest absolute Gasteiger partial charge is 0.453 e. The zero-order valence-electron chi connectivity index (χ0n) is 9.73. The number of para-hydroxylation sites is 1. The van der Waals surface area contributed by atoms with E-state index in [1.165, 1.54) is 12.1 Å². The summed E-state index contributed by atoms with van der Waals surface area (Å²) in [6.45, 7) is 1.59. The highest BCUT2D eigenvalue weighted by Crippen LogP contribution is 2.31. The molecule has 0 bridgehead atoms. The lowest BCUT2D eigenvalue weighted by molar-refractivity contribution is 0.198. The van der Waals surface area contributed by atoms with Gasteiger partial charge in [0.2, 0.25) is 0 Å². The summed E-state index contributed by atoms with van der Waals surface area (Å²) in [4.78, 5) is 0. The summed E-state index contributed by atoms with van der Waals surface area (Å²) < 4.78 is 20.0. The summed E-state index contributed by atoms with van der Waals surface area (Å²) in [6, 6.07) is 11.6. The monoisotopic (exact) mass is 310 g/mol. The number of hydrogen-bond acceptors (Lipinski definition) is 2. The van der Waals surface area contributed by atoms with E-state index in [-0.39, 0.29) is 5.75 Å². The van der Waals surface area contributed by atoms with Crippen molar-refractivity contribution in [2.24, 2.45) is 0 Å². The molecule has 18 heavy (non-hydrogen) atoms. The van der Waals surface area contributed by atoms with E-state index < -0.39 is 11.9 Å². The minimum Gasteiger partial charge on any atom is -0.453 e. The molecule has 0 amide bonds. The number of ether oxygens (including phenoxy) is 1. The minimum atomic E-state index is -0.697. The Hall–Kier alpha value is -1.39. The van der Waals surface area contributed by atoms with E-state index in [2.05, 4.69) is 15.9 Å². The molecule has 2 nitrogen and oxygen atoms in total. The van der Waals surface area contributed by atoms with Gasteiger partial charge in [0.15, 0.2) is 11.6 Å². The summed E-state index contributed by atoms with van der Waals surface area (Å²) in [7, 11) is 0. The lowest BCUT2D eigenvalue weighted by Crippen LogP contribution is -1.94. The molecule has 0 radical (unpaired) electrons. The van der Waals surface area contributed by atoms with Gasteiger partial charge in [0.25, 0.3) is 0 Å². The number of hydrogen-bond donors (Lipinski definition) is 1. The minimum absolute atomic E-state index is 0.131. The van der Waals surface area contributed by atoms with Crippen molar-refractivity contribution in [2.45, 2.75) is 13.0 Å². The van der Waals surface area contributed by atoms with Crippen LogP contribution in [0.3, 0.4) is 0 Å². The van der Waals surface area contributed by atoms with Gasteiger partial charge in [-0.25, -0.2) is 4.39 Å². The van der Waals surface area contributed by atoms with Crippen LogP contribution in [0.15, 0.2) is 46.9 Å². The third-order valence-corrected chi connectivity index (χ3v) is 3.15. The third-order valence-electron chi connectivity index (χ3n) is 2.49. The summed E-state index contributed by atoms with van der Waals surface area (Å²) in [6.07, 6.45) is -0.697. The van der Waals surface area contributed by atoms with Gasteiger partial charge in [-0.1, -0.05) is 18.2 Å². The van der Waals surface area contributed by atoms with E-state index in [0.717, 1.165) is 4.47 Å². The molecule has 2 aromatic carbocycles. The first kappa shape index (κ1) is 13.1. The van der Waals surface area contributed by atoms with E-state index in [1.807, 2.05) is 18.2 Å². The zero-order chi connectivity index (χ0) is 13.1. The molecule has 0 saturated heterocycles. The van der Waals surface area contributed by atoms with Crippen LogP contribution >= 0.6 is 15.9 Å². The van der Waals surface area contributed by atoms with Crippen molar-refractivity contribution < 1.29 is 14.2 Å². The van der Waals surface area contributed by atoms with Crippen molar-refractivity contribution in [3.63, 3.8) is 0 Å². The Morgan fingerprint density at radius 2 is 1.89 bits per heavy atom. The second kappa shape index (κ2) is 5.50. The molecule has 0 saturated carbocycles. The molecular formula is C14H12BrFO2. The molecule has 94 valence electrons. The molecule has 1 atom stereocenters. The maximum Gasteiger partial charge on any atom is 0.166 e. The number of halogens is 2. The van der Waals surface area contributed by atoms with Crippen molar-refractivity contribution in [1.29, 1.82) is 0 Å². The Bertz CT molecular complexity index is 555. The van der Waals surface area contributed by atoms with Crippen LogP contribution in [-0.4, -0.2) is 5.11 Å². The molecule has 2 rings (SSSR count). The Kier molecular flexibility index (Phi) is 3.99. The predicted molar refractivity (Wildman–Crippen MR) is 71.2 cm³/mol. The average Bonchev–Trinajstić information content (AvgIpc) is 2.34. The summed E-state index contributed by atoms with van der Waals surface area (Å²) in [5.41, 5.74) is 0.520. The van der Waals surface area contributed by atoms with Crippen molar-refractivity contribution in [2.75, 3.05) is 0 Å². The molecule has 0 heterocycles. The van der Waals surface area contributed by atoms with Gasteiger partial charge in [0, 0.05) is 0 Å². The summed E-state index contributed by atoms with van der Waals surface area (Å²) in [5, 5.41) is 9.36. The normalized spacial score (nSPS) is 12.2. The average molecular weight is 311 g/mol. The molecule has 0 aliphatic rings. The molecule has 0 aliphatic carbocycles. The molecular weight excluding hydrogens is 299 g/mol. The smallest absolute Gasteiger partial charge is 0.166 e. The topological polar surface area (TPSA) is 29.5 Å². The van der Waals surface area contributed by atoms with Crippen molar-refractivity contribution in [3.8, 4) is 11.5 Å². The van der Waals surface area contributed by atoms with Crippen LogP contribution in [0.5, 0.6) is 11.5 Å².